The number of fused-ring (bicyclic) bond motifs is 1. The van der Waals surface area contributed by atoms with Crippen LogP contribution < -0.4 is 5.32 Å². The molecule has 0 aliphatic carbocycles. The summed E-state index contributed by atoms with van der Waals surface area (Å²) in [5.41, 5.74) is 4.12. The standard InChI is InChI=1S/C17H13FN4S/c1-11-8-12(5-6-13(11)18)20-17-21-14(10-23-17)15-9-19-16-4-2-3-7-22(15)16/h2-10H,1H3,(H,20,21). The van der Waals surface area contributed by atoms with E-state index in [9.17, 15) is 4.39 Å². The van der Waals surface area contributed by atoms with Crippen LogP contribution in [0.4, 0.5) is 15.2 Å². The maximum atomic E-state index is 13.3. The molecule has 0 aliphatic rings. The molecule has 0 bridgehead atoms. The highest BCUT2D eigenvalue weighted by Crippen LogP contribution is 2.28. The quantitative estimate of drug-likeness (QED) is 0.596. The van der Waals surface area contributed by atoms with Crippen LogP contribution in [0.25, 0.3) is 17.0 Å². The number of nitrogens with one attached hydrogen (secondary N) is 1. The minimum Gasteiger partial charge on any atom is -0.332 e. The predicted molar refractivity (Wildman–Crippen MR) is 90.7 cm³/mol. The van der Waals surface area contributed by atoms with Gasteiger partial charge in [-0.2, -0.15) is 0 Å². The van der Waals surface area contributed by atoms with Gasteiger partial charge in [-0.3, -0.25) is 4.40 Å². The number of imidazole rings is 1. The average Bonchev–Trinajstić information content (AvgIpc) is 3.17. The van der Waals surface area contributed by atoms with Crippen molar-refractivity contribution >= 4 is 27.8 Å². The number of hydrogen-bond acceptors (Lipinski definition) is 4. The van der Waals surface area contributed by atoms with E-state index in [1.165, 1.54) is 17.4 Å². The molecule has 4 rings (SSSR count). The molecule has 1 aromatic carbocycles. The Morgan fingerprint density at radius 3 is 3.00 bits per heavy atom. The molecule has 0 aliphatic heterocycles. The zero-order valence-electron chi connectivity index (χ0n) is 12.3. The van der Waals surface area contributed by atoms with Gasteiger partial charge in [-0.05, 0) is 42.8 Å². The minimum atomic E-state index is -0.207. The molecule has 0 atom stereocenters. The Morgan fingerprint density at radius 1 is 1.22 bits per heavy atom. The zero-order valence-corrected chi connectivity index (χ0v) is 13.1. The summed E-state index contributed by atoms with van der Waals surface area (Å²) in [6.45, 7) is 1.74. The van der Waals surface area contributed by atoms with E-state index in [-0.39, 0.29) is 5.82 Å². The maximum Gasteiger partial charge on any atom is 0.187 e. The molecule has 6 heteroatoms. The van der Waals surface area contributed by atoms with Gasteiger partial charge < -0.3 is 5.32 Å². The van der Waals surface area contributed by atoms with Crippen LogP contribution in [-0.2, 0) is 0 Å². The third-order valence-electron chi connectivity index (χ3n) is 3.59. The van der Waals surface area contributed by atoms with Crippen LogP contribution in [0, 0.1) is 12.7 Å². The molecule has 0 fully saturated rings. The lowest BCUT2D eigenvalue weighted by Gasteiger charge is -2.04. The van der Waals surface area contributed by atoms with E-state index in [4.69, 9.17) is 0 Å². The number of hydrogen-bond donors (Lipinski definition) is 1. The Hall–Kier alpha value is -2.73. The second kappa shape index (κ2) is 5.48. The largest absolute Gasteiger partial charge is 0.332 e. The second-order valence-electron chi connectivity index (χ2n) is 5.20. The molecule has 3 heterocycles. The molecule has 0 saturated carbocycles. The molecular weight excluding hydrogens is 311 g/mol. The fourth-order valence-corrected chi connectivity index (χ4v) is 3.14. The van der Waals surface area contributed by atoms with Gasteiger partial charge in [0.25, 0.3) is 0 Å². The Bertz CT molecular complexity index is 989. The van der Waals surface area contributed by atoms with Crippen LogP contribution in [0.5, 0.6) is 0 Å². The smallest absolute Gasteiger partial charge is 0.187 e. The Labute approximate surface area is 136 Å². The number of pyridine rings is 1. The minimum absolute atomic E-state index is 0.207. The van der Waals surface area contributed by atoms with Gasteiger partial charge in [0.1, 0.15) is 17.2 Å². The van der Waals surface area contributed by atoms with Gasteiger partial charge in [-0.25, -0.2) is 14.4 Å². The third-order valence-corrected chi connectivity index (χ3v) is 4.35. The van der Waals surface area contributed by atoms with Crippen molar-refractivity contribution in [1.82, 2.24) is 14.4 Å². The first-order valence-corrected chi connectivity index (χ1v) is 8.00. The fourth-order valence-electron chi connectivity index (χ4n) is 2.42. The van der Waals surface area contributed by atoms with E-state index in [2.05, 4.69) is 15.3 Å². The molecule has 0 spiro atoms. The summed E-state index contributed by atoms with van der Waals surface area (Å²) in [6, 6.07) is 10.8. The lowest BCUT2D eigenvalue weighted by atomic mass is 10.2. The Balaban J connectivity index is 1.65. The molecule has 4 nitrogen and oxygen atoms in total. The van der Waals surface area contributed by atoms with Crippen LogP contribution in [0.1, 0.15) is 5.56 Å². The van der Waals surface area contributed by atoms with E-state index in [0.717, 1.165) is 27.9 Å². The number of thiazole rings is 1. The monoisotopic (exact) mass is 324 g/mol. The summed E-state index contributed by atoms with van der Waals surface area (Å²) in [6.07, 6.45) is 3.78. The van der Waals surface area contributed by atoms with Crippen molar-refractivity contribution in [3.8, 4) is 11.4 Å². The van der Waals surface area contributed by atoms with Gasteiger partial charge in [0, 0.05) is 17.3 Å². The van der Waals surface area contributed by atoms with Crippen LogP contribution >= 0.6 is 11.3 Å². The van der Waals surface area contributed by atoms with Gasteiger partial charge in [-0.1, -0.05) is 6.07 Å². The second-order valence-corrected chi connectivity index (χ2v) is 6.06. The number of aryl methyl sites for hydroxylation is 1. The van der Waals surface area contributed by atoms with Crippen LogP contribution in [0.3, 0.4) is 0 Å². The van der Waals surface area contributed by atoms with Crippen LogP contribution in [0.15, 0.2) is 54.2 Å². The van der Waals surface area contributed by atoms with Gasteiger partial charge >= 0.3 is 0 Å². The molecule has 0 amide bonds. The maximum absolute atomic E-state index is 13.3. The van der Waals surface area contributed by atoms with Crippen LogP contribution in [0.2, 0.25) is 0 Å². The highest BCUT2D eigenvalue weighted by Gasteiger charge is 2.10. The number of benzene rings is 1. The number of rotatable bonds is 3. The van der Waals surface area contributed by atoms with Crippen molar-refractivity contribution < 1.29 is 4.39 Å². The number of aromatic nitrogens is 3. The van der Waals surface area contributed by atoms with Crippen molar-refractivity contribution in [3.05, 3.63) is 65.6 Å². The number of halogens is 1. The highest BCUT2D eigenvalue weighted by molar-refractivity contribution is 7.14. The number of nitrogens with zero attached hydrogens (tertiary/aromatic N) is 3. The van der Waals surface area contributed by atoms with Gasteiger partial charge in [0.2, 0.25) is 0 Å². The Morgan fingerprint density at radius 2 is 2.13 bits per heavy atom. The molecule has 114 valence electrons. The Kier molecular flexibility index (Phi) is 3.31. The third kappa shape index (κ3) is 2.57. The molecule has 1 N–H and O–H groups in total. The lowest BCUT2D eigenvalue weighted by Crippen LogP contribution is -1.92. The molecule has 0 unspecified atom stereocenters. The van der Waals surface area contributed by atoms with Gasteiger partial charge in [0.05, 0.1) is 11.9 Å². The van der Waals surface area contributed by atoms with E-state index in [1.807, 2.05) is 40.4 Å². The first kappa shape index (κ1) is 13.9. The van der Waals surface area contributed by atoms with Crippen molar-refractivity contribution in [2.45, 2.75) is 6.92 Å². The van der Waals surface area contributed by atoms with Crippen molar-refractivity contribution in [3.63, 3.8) is 0 Å². The van der Waals surface area contributed by atoms with Crippen molar-refractivity contribution in [2.75, 3.05) is 5.32 Å². The van der Waals surface area contributed by atoms with Crippen molar-refractivity contribution in [1.29, 1.82) is 0 Å². The molecule has 0 radical (unpaired) electrons. The molecule has 0 saturated heterocycles. The number of anilines is 2. The van der Waals surface area contributed by atoms with E-state index >= 15 is 0 Å². The van der Waals surface area contributed by atoms with E-state index in [0.29, 0.717) is 5.56 Å². The first-order chi connectivity index (χ1) is 11.2. The van der Waals surface area contributed by atoms with Crippen LogP contribution in [-0.4, -0.2) is 14.4 Å². The summed E-state index contributed by atoms with van der Waals surface area (Å²) in [5, 5.41) is 5.96. The summed E-state index contributed by atoms with van der Waals surface area (Å²) in [7, 11) is 0. The highest BCUT2D eigenvalue weighted by atomic mass is 32.1. The van der Waals surface area contributed by atoms with E-state index in [1.54, 1.807) is 19.1 Å². The molecule has 4 aromatic rings. The first-order valence-electron chi connectivity index (χ1n) is 7.12. The SMILES string of the molecule is Cc1cc(Nc2nc(-c3cnc4ccccn34)cs2)ccc1F. The summed E-state index contributed by atoms with van der Waals surface area (Å²) >= 11 is 1.50. The lowest BCUT2D eigenvalue weighted by molar-refractivity contribution is 0.619. The van der Waals surface area contributed by atoms with Crippen molar-refractivity contribution in [2.24, 2.45) is 0 Å². The van der Waals surface area contributed by atoms with Gasteiger partial charge in [-0.15, -0.1) is 11.3 Å². The summed E-state index contributed by atoms with van der Waals surface area (Å²) in [5.74, 6) is -0.207. The molecule has 3 aromatic heterocycles. The zero-order chi connectivity index (χ0) is 15.8. The summed E-state index contributed by atoms with van der Waals surface area (Å²) < 4.78 is 15.3. The molecular formula is C17H13FN4S. The topological polar surface area (TPSA) is 42.2 Å². The fraction of sp³-hybridized carbons (Fsp3) is 0.0588. The normalized spacial score (nSPS) is 11.0. The molecule has 23 heavy (non-hydrogen) atoms. The average molecular weight is 324 g/mol. The summed E-state index contributed by atoms with van der Waals surface area (Å²) in [4.78, 5) is 8.98. The predicted octanol–water partition coefficient (Wildman–Crippen LogP) is 4.65. The van der Waals surface area contributed by atoms with Gasteiger partial charge in [0.15, 0.2) is 5.13 Å². The van der Waals surface area contributed by atoms with E-state index < -0.39 is 0 Å².